The molecule has 0 amide bonds. The third-order valence-corrected chi connectivity index (χ3v) is 6.26. The Morgan fingerprint density at radius 1 is 1.29 bits per heavy atom. The van der Waals surface area contributed by atoms with Gasteiger partial charge in [0.15, 0.2) is 0 Å². The minimum Gasteiger partial charge on any atom is -0.212 e. The highest BCUT2D eigenvalue weighted by Crippen LogP contribution is 2.22. The van der Waals surface area contributed by atoms with E-state index in [9.17, 15) is 8.42 Å². The molecule has 0 saturated carbocycles. The molecular weight excluding hydrogens is 372 g/mol. The second-order valence-electron chi connectivity index (χ2n) is 4.58. The van der Waals surface area contributed by atoms with Gasteiger partial charge < -0.3 is 0 Å². The van der Waals surface area contributed by atoms with Gasteiger partial charge in [0.2, 0.25) is 10.0 Å². The molecule has 0 saturated heterocycles. The Morgan fingerprint density at radius 2 is 1.95 bits per heavy atom. The fourth-order valence-electron chi connectivity index (χ4n) is 1.78. The van der Waals surface area contributed by atoms with Gasteiger partial charge >= 0.3 is 0 Å². The Hall–Kier alpha value is -1.20. The zero-order chi connectivity index (χ0) is 15.5. The predicted octanol–water partition coefficient (Wildman–Crippen LogP) is 3.34. The molecule has 21 heavy (non-hydrogen) atoms. The van der Waals surface area contributed by atoms with Gasteiger partial charge in [-0.3, -0.25) is 0 Å². The molecule has 0 bridgehead atoms. The third-order valence-electron chi connectivity index (χ3n) is 2.93. The topological polar surface area (TPSA) is 61.2 Å². The fourth-order valence-corrected chi connectivity index (χ4v) is 4.16. The summed E-state index contributed by atoms with van der Waals surface area (Å²) >= 11 is 4.89. The maximum absolute atomic E-state index is 12.3. The van der Waals surface area contributed by atoms with Crippen LogP contribution in [0.25, 0.3) is 0 Å². The molecule has 1 aromatic heterocycles. The molecule has 0 N–H and O–H groups in total. The quantitative estimate of drug-likeness (QED) is 0.793. The van der Waals surface area contributed by atoms with Crippen molar-refractivity contribution in [2.45, 2.75) is 12.3 Å². The van der Waals surface area contributed by atoms with E-state index in [2.05, 4.69) is 15.9 Å². The second-order valence-corrected chi connectivity index (χ2v) is 8.95. The van der Waals surface area contributed by atoms with Crippen molar-refractivity contribution in [3.8, 4) is 6.07 Å². The lowest BCUT2D eigenvalue weighted by molar-refractivity contribution is 0.466. The number of rotatable bonds is 5. The molecular formula is C14H13BrN2O2S2. The van der Waals surface area contributed by atoms with E-state index in [-0.39, 0.29) is 5.75 Å². The van der Waals surface area contributed by atoms with Crippen LogP contribution in [0, 0.1) is 11.3 Å². The summed E-state index contributed by atoms with van der Waals surface area (Å²) in [6.45, 7) is 0.348. The van der Waals surface area contributed by atoms with Gasteiger partial charge in [-0.25, -0.2) is 12.7 Å². The van der Waals surface area contributed by atoms with Gasteiger partial charge in [0.05, 0.1) is 21.2 Å². The number of benzene rings is 1. The molecule has 0 radical (unpaired) electrons. The zero-order valence-electron chi connectivity index (χ0n) is 11.3. The summed E-state index contributed by atoms with van der Waals surface area (Å²) in [5.74, 6) is -0.0689. The molecule has 4 nitrogen and oxygen atoms in total. The maximum atomic E-state index is 12.3. The van der Waals surface area contributed by atoms with Gasteiger partial charge in [0, 0.05) is 13.6 Å². The van der Waals surface area contributed by atoms with Crippen molar-refractivity contribution in [2.75, 3.05) is 7.05 Å². The van der Waals surface area contributed by atoms with E-state index in [1.165, 1.54) is 15.6 Å². The van der Waals surface area contributed by atoms with E-state index in [1.807, 2.05) is 17.5 Å². The van der Waals surface area contributed by atoms with E-state index in [4.69, 9.17) is 5.26 Å². The highest BCUT2D eigenvalue weighted by Gasteiger charge is 2.19. The summed E-state index contributed by atoms with van der Waals surface area (Å²) in [5, 5.41) is 10.7. The number of nitrogens with zero attached hydrogens (tertiary/aromatic N) is 2. The van der Waals surface area contributed by atoms with Crippen molar-refractivity contribution in [3.05, 3.63) is 56.2 Å². The number of sulfonamides is 1. The molecule has 0 aliphatic heterocycles. The Labute approximate surface area is 136 Å². The fraction of sp³-hybridized carbons (Fsp3) is 0.214. The van der Waals surface area contributed by atoms with Crippen LogP contribution in [0.5, 0.6) is 0 Å². The largest absolute Gasteiger partial charge is 0.218 e. The second kappa shape index (κ2) is 6.71. The lowest BCUT2D eigenvalue weighted by Gasteiger charge is -2.16. The minimum atomic E-state index is -3.38. The van der Waals surface area contributed by atoms with E-state index >= 15 is 0 Å². The molecule has 0 fully saturated rings. The molecule has 2 aromatic rings. The van der Waals surface area contributed by atoms with Crippen LogP contribution in [0.15, 0.2) is 39.5 Å². The van der Waals surface area contributed by atoms with Gasteiger partial charge in [-0.15, -0.1) is 11.3 Å². The van der Waals surface area contributed by atoms with E-state index < -0.39 is 10.0 Å². The Kier molecular flexibility index (Phi) is 5.17. The summed E-state index contributed by atoms with van der Waals surface area (Å²) in [6, 6.07) is 10.5. The first kappa shape index (κ1) is 16.2. The molecule has 7 heteroatoms. The Morgan fingerprint density at radius 3 is 2.48 bits per heavy atom. The number of halogens is 1. The molecule has 0 aliphatic carbocycles. The van der Waals surface area contributed by atoms with Gasteiger partial charge in [0.1, 0.15) is 0 Å². The Bertz CT molecular complexity index is 761. The smallest absolute Gasteiger partial charge is 0.212 e. The number of thiophene rings is 1. The molecule has 0 atom stereocenters. The van der Waals surface area contributed by atoms with Crippen LogP contribution in [0.4, 0.5) is 0 Å². The normalized spacial score (nSPS) is 11.5. The molecule has 0 aliphatic rings. The first-order valence-corrected chi connectivity index (χ1v) is 9.35. The van der Waals surface area contributed by atoms with Crippen LogP contribution in [-0.2, 0) is 22.3 Å². The van der Waals surface area contributed by atoms with E-state index in [0.29, 0.717) is 17.7 Å². The van der Waals surface area contributed by atoms with E-state index in [1.54, 1.807) is 31.3 Å². The van der Waals surface area contributed by atoms with E-state index in [0.717, 1.165) is 9.35 Å². The van der Waals surface area contributed by atoms with Gasteiger partial charge in [-0.05, 0) is 50.6 Å². The van der Waals surface area contributed by atoms with Crippen LogP contribution >= 0.6 is 27.3 Å². The van der Waals surface area contributed by atoms with Crippen molar-refractivity contribution in [3.63, 3.8) is 0 Å². The predicted molar refractivity (Wildman–Crippen MR) is 87.3 cm³/mol. The summed E-state index contributed by atoms with van der Waals surface area (Å²) in [7, 11) is -1.81. The monoisotopic (exact) mass is 384 g/mol. The maximum Gasteiger partial charge on any atom is 0.218 e. The highest BCUT2D eigenvalue weighted by molar-refractivity contribution is 9.11. The standard InChI is InChI=1S/C14H13BrN2O2S2/c1-17(8-13-6-14(15)20-9-13)21(18,19)10-12-4-2-11(7-16)3-5-12/h2-6,9H,8,10H2,1H3. The highest BCUT2D eigenvalue weighted by atomic mass is 79.9. The number of hydrogen-bond acceptors (Lipinski definition) is 4. The van der Waals surface area contributed by atoms with Crippen LogP contribution in [-0.4, -0.2) is 19.8 Å². The minimum absolute atomic E-state index is 0.0689. The molecule has 0 spiro atoms. The zero-order valence-corrected chi connectivity index (χ0v) is 14.5. The summed E-state index contributed by atoms with van der Waals surface area (Å²) in [6.07, 6.45) is 0. The lowest BCUT2D eigenvalue weighted by Crippen LogP contribution is -2.27. The van der Waals surface area contributed by atoms with Gasteiger partial charge in [0.25, 0.3) is 0 Å². The van der Waals surface area contributed by atoms with Crippen LogP contribution in [0.1, 0.15) is 16.7 Å². The SMILES string of the molecule is CN(Cc1csc(Br)c1)S(=O)(=O)Cc1ccc(C#N)cc1. The Balaban J connectivity index is 2.08. The average molecular weight is 385 g/mol. The molecule has 1 aromatic carbocycles. The van der Waals surface area contributed by atoms with Crippen molar-refractivity contribution in [1.82, 2.24) is 4.31 Å². The van der Waals surface area contributed by atoms with Gasteiger partial charge in [-0.1, -0.05) is 12.1 Å². The first-order valence-electron chi connectivity index (χ1n) is 6.06. The van der Waals surface area contributed by atoms with Gasteiger partial charge in [-0.2, -0.15) is 5.26 Å². The van der Waals surface area contributed by atoms with Crippen molar-refractivity contribution in [1.29, 1.82) is 5.26 Å². The number of nitriles is 1. The first-order chi connectivity index (χ1) is 9.90. The summed E-state index contributed by atoms with van der Waals surface area (Å²) in [5.41, 5.74) is 2.15. The molecule has 0 unspecified atom stereocenters. The molecule has 1 heterocycles. The van der Waals surface area contributed by atoms with Crippen LogP contribution < -0.4 is 0 Å². The van der Waals surface area contributed by atoms with Crippen molar-refractivity contribution in [2.24, 2.45) is 0 Å². The average Bonchev–Trinajstić information content (AvgIpc) is 2.84. The number of hydrogen-bond donors (Lipinski definition) is 0. The summed E-state index contributed by atoms with van der Waals surface area (Å²) < 4.78 is 27.0. The van der Waals surface area contributed by atoms with Crippen molar-refractivity contribution >= 4 is 37.3 Å². The van der Waals surface area contributed by atoms with Crippen LogP contribution in [0.2, 0.25) is 0 Å². The lowest BCUT2D eigenvalue weighted by atomic mass is 10.2. The third kappa shape index (κ3) is 4.38. The molecule has 2 rings (SSSR count). The molecule has 110 valence electrons. The van der Waals surface area contributed by atoms with Crippen molar-refractivity contribution < 1.29 is 8.42 Å². The summed E-state index contributed by atoms with van der Waals surface area (Å²) in [4.78, 5) is 0. The van der Waals surface area contributed by atoms with Crippen LogP contribution in [0.3, 0.4) is 0 Å².